The minimum absolute atomic E-state index is 0.0477. The third kappa shape index (κ3) is 5.76. The van der Waals surface area contributed by atoms with Gasteiger partial charge in [-0.3, -0.25) is 30.6 Å². The van der Waals surface area contributed by atoms with Gasteiger partial charge in [-0.1, -0.05) is 17.7 Å². The number of aromatic hydroxyl groups is 1. The van der Waals surface area contributed by atoms with Gasteiger partial charge in [0.25, 0.3) is 5.91 Å². The Morgan fingerprint density at radius 3 is 2.61 bits per heavy atom. The minimum Gasteiger partial charge on any atom is -0.502 e. The Morgan fingerprint density at radius 2 is 1.88 bits per heavy atom. The molecule has 0 radical (unpaired) electrons. The van der Waals surface area contributed by atoms with Crippen LogP contribution in [0.4, 0.5) is 5.69 Å². The zero-order valence-corrected chi connectivity index (χ0v) is 17.8. The average Bonchev–Trinajstić information content (AvgIpc) is 3.27. The van der Waals surface area contributed by atoms with E-state index in [-0.39, 0.29) is 11.3 Å². The van der Waals surface area contributed by atoms with Crippen molar-refractivity contribution in [3.8, 4) is 22.6 Å². The summed E-state index contributed by atoms with van der Waals surface area (Å²) in [7, 11) is 0. The highest BCUT2D eigenvalue weighted by atomic mass is 16.6. The van der Waals surface area contributed by atoms with Crippen LogP contribution >= 0.6 is 0 Å². The Hall–Kier alpha value is -4.60. The number of phenolic OH excluding ortho intramolecular Hbond substituents is 1. The molecule has 0 fully saturated rings. The molecule has 33 heavy (non-hydrogen) atoms. The number of nitro benzene ring substituents is 1. The number of phenols is 1. The molecule has 0 saturated carbocycles. The number of carbonyl (C=O) groups is 2. The van der Waals surface area contributed by atoms with Crippen LogP contribution in [0, 0.1) is 10.1 Å². The van der Waals surface area contributed by atoms with Crippen molar-refractivity contribution in [2.24, 2.45) is 0 Å². The van der Waals surface area contributed by atoms with Gasteiger partial charge in [0.15, 0.2) is 5.75 Å². The average molecular weight is 451 g/mol. The van der Waals surface area contributed by atoms with Gasteiger partial charge in [-0.25, -0.2) is 0 Å². The molecule has 0 unspecified atom stereocenters. The molecule has 2 aromatic carbocycles. The second-order valence-corrected chi connectivity index (χ2v) is 7.15. The first-order chi connectivity index (χ1) is 15.8. The van der Waals surface area contributed by atoms with Crippen molar-refractivity contribution in [3.63, 3.8) is 0 Å². The Labute approximate surface area is 188 Å². The second-order valence-electron chi connectivity index (χ2n) is 7.15. The van der Waals surface area contributed by atoms with E-state index in [1.807, 2.05) is 19.9 Å². The van der Waals surface area contributed by atoms with Gasteiger partial charge in [0.2, 0.25) is 5.76 Å². The number of nitrogens with one attached hydrogen (secondary N) is 2. The van der Waals surface area contributed by atoms with E-state index in [1.54, 1.807) is 30.3 Å². The summed E-state index contributed by atoms with van der Waals surface area (Å²) in [5.74, 6) is -1.55. The minimum atomic E-state index is -0.822. The van der Waals surface area contributed by atoms with E-state index in [2.05, 4.69) is 10.9 Å². The Morgan fingerprint density at radius 1 is 1.12 bits per heavy atom. The zero-order chi connectivity index (χ0) is 24.0. The van der Waals surface area contributed by atoms with Crippen molar-refractivity contribution in [2.75, 3.05) is 6.61 Å². The lowest BCUT2D eigenvalue weighted by Gasteiger charge is -2.09. The first-order valence-corrected chi connectivity index (χ1v) is 9.78. The smallest absolute Gasteiger partial charge is 0.311 e. The fourth-order valence-electron chi connectivity index (χ4n) is 2.82. The molecule has 3 N–H and O–H groups in total. The molecular weight excluding hydrogens is 430 g/mol. The molecule has 3 rings (SSSR count). The third-order valence-corrected chi connectivity index (χ3v) is 4.48. The van der Waals surface area contributed by atoms with E-state index < -0.39 is 28.2 Å². The van der Waals surface area contributed by atoms with Crippen molar-refractivity contribution >= 4 is 17.5 Å². The maximum atomic E-state index is 12.6. The number of amides is 2. The summed E-state index contributed by atoms with van der Waals surface area (Å²) >= 11 is 0. The number of nitrogens with zero attached hydrogens (tertiary/aromatic N) is 1. The summed E-state index contributed by atoms with van der Waals surface area (Å²) < 4.78 is 11.0. The van der Waals surface area contributed by atoms with E-state index in [1.165, 1.54) is 12.3 Å². The number of carbonyl (C=O) groups excluding carboxylic acids is 2. The predicted molar refractivity (Wildman–Crippen MR) is 119 cm³/mol. The van der Waals surface area contributed by atoms with Crippen LogP contribution in [0.1, 0.15) is 34.8 Å². The van der Waals surface area contributed by atoms with E-state index in [0.717, 1.165) is 17.7 Å². The van der Waals surface area contributed by atoms with Crippen LogP contribution in [0.2, 0.25) is 0 Å². The van der Waals surface area contributed by atoms with Gasteiger partial charge in [-0.2, -0.15) is 0 Å². The molecule has 10 nitrogen and oxygen atoms in total. The standard InChI is InChI=1S/C23H21N3O7/c1-14(2)8-10-32-17-5-3-4-15(12-17)18-9-11-33-21(18)23(29)25-24-22(28)16-6-7-20(27)19(13-16)26(30)31/h3-9,11-13,27H,10H2,1-2H3,(H,24,28)(H,25,29). The summed E-state index contributed by atoms with van der Waals surface area (Å²) in [4.78, 5) is 35.0. The van der Waals surface area contributed by atoms with Gasteiger partial charge in [0, 0.05) is 17.2 Å². The number of furan rings is 1. The Bertz CT molecular complexity index is 1230. The highest BCUT2D eigenvalue weighted by Crippen LogP contribution is 2.28. The van der Waals surface area contributed by atoms with Gasteiger partial charge in [-0.05, 0) is 55.8 Å². The molecule has 0 atom stereocenters. The number of hydrogen-bond acceptors (Lipinski definition) is 7. The maximum absolute atomic E-state index is 12.6. The second kappa shape index (κ2) is 10.1. The first kappa shape index (κ1) is 23.1. The molecule has 0 aliphatic heterocycles. The van der Waals surface area contributed by atoms with Gasteiger partial charge in [0.05, 0.1) is 11.2 Å². The summed E-state index contributed by atoms with van der Waals surface area (Å²) in [5.41, 5.74) is 5.91. The quantitative estimate of drug-likeness (QED) is 0.280. The topological polar surface area (TPSA) is 144 Å². The molecule has 1 heterocycles. The number of rotatable bonds is 7. The van der Waals surface area contributed by atoms with Crippen LogP contribution in [0.3, 0.4) is 0 Å². The molecule has 0 bridgehead atoms. The van der Waals surface area contributed by atoms with Crippen molar-refractivity contribution in [1.82, 2.24) is 10.9 Å². The van der Waals surface area contributed by atoms with Gasteiger partial charge < -0.3 is 14.3 Å². The van der Waals surface area contributed by atoms with Crippen LogP contribution in [0.25, 0.3) is 11.1 Å². The molecule has 1 aromatic heterocycles. The molecule has 2 amide bonds. The molecule has 170 valence electrons. The van der Waals surface area contributed by atoms with Crippen LogP contribution in [-0.2, 0) is 0 Å². The number of hydrogen-bond donors (Lipinski definition) is 3. The highest BCUT2D eigenvalue weighted by molar-refractivity contribution is 6.01. The van der Waals surface area contributed by atoms with E-state index in [4.69, 9.17) is 9.15 Å². The van der Waals surface area contributed by atoms with Crippen LogP contribution in [-0.4, -0.2) is 28.5 Å². The van der Waals surface area contributed by atoms with Crippen molar-refractivity contribution in [3.05, 3.63) is 87.9 Å². The number of benzene rings is 2. The number of ether oxygens (including phenoxy) is 1. The summed E-state index contributed by atoms with van der Waals surface area (Å²) in [6.45, 7) is 4.35. The van der Waals surface area contributed by atoms with Crippen LogP contribution in [0.15, 0.2) is 70.9 Å². The van der Waals surface area contributed by atoms with E-state index in [9.17, 15) is 24.8 Å². The monoisotopic (exact) mass is 451 g/mol. The predicted octanol–water partition coefficient (Wildman–Crippen LogP) is 3.98. The molecule has 0 aliphatic carbocycles. The summed E-state index contributed by atoms with van der Waals surface area (Å²) in [5, 5.41) is 20.4. The largest absolute Gasteiger partial charge is 0.502 e. The summed E-state index contributed by atoms with van der Waals surface area (Å²) in [6, 6.07) is 11.8. The van der Waals surface area contributed by atoms with E-state index >= 15 is 0 Å². The number of allylic oxidation sites excluding steroid dienone is 1. The lowest BCUT2D eigenvalue weighted by atomic mass is 10.1. The molecule has 10 heteroatoms. The fraction of sp³-hybridized carbons (Fsp3) is 0.130. The SMILES string of the molecule is CC(C)=CCOc1cccc(-c2ccoc2C(=O)NNC(=O)c2ccc(O)c([N+](=O)[O-])c2)c1. The first-order valence-electron chi connectivity index (χ1n) is 9.78. The molecule has 3 aromatic rings. The highest BCUT2D eigenvalue weighted by Gasteiger charge is 2.20. The van der Waals surface area contributed by atoms with E-state index in [0.29, 0.717) is 23.5 Å². The van der Waals surface area contributed by atoms with Gasteiger partial charge in [0.1, 0.15) is 12.4 Å². The fourth-order valence-corrected chi connectivity index (χ4v) is 2.82. The molecular formula is C23H21N3O7. The maximum Gasteiger partial charge on any atom is 0.311 e. The van der Waals surface area contributed by atoms with Crippen molar-refractivity contribution in [1.29, 1.82) is 0 Å². The summed E-state index contributed by atoms with van der Waals surface area (Å²) in [6.07, 6.45) is 3.28. The van der Waals surface area contributed by atoms with Crippen molar-refractivity contribution in [2.45, 2.75) is 13.8 Å². The normalized spacial score (nSPS) is 10.2. The van der Waals surface area contributed by atoms with Gasteiger partial charge in [-0.15, -0.1) is 0 Å². The Kier molecular flexibility index (Phi) is 7.09. The lowest BCUT2D eigenvalue weighted by molar-refractivity contribution is -0.385. The van der Waals surface area contributed by atoms with Crippen LogP contribution < -0.4 is 15.6 Å². The third-order valence-electron chi connectivity index (χ3n) is 4.48. The number of hydrazine groups is 1. The number of nitro groups is 1. The molecule has 0 saturated heterocycles. The van der Waals surface area contributed by atoms with Crippen molar-refractivity contribution < 1.29 is 28.8 Å². The zero-order valence-electron chi connectivity index (χ0n) is 17.8. The molecule has 0 aliphatic rings. The lowest BCUT2D eigenvalue weighted by Crippen LogP contribution is -2.41. The van der Waals surface area contributed by atoms with Gasteiger partial charge >= 0.3 is 11.6 Å². The molecule has 0 spiro atoms. The van der Waals surface area contributed by atoms with Crippen LogP contribution in [0.5, 0.6) is 11.5 Å². The Balaban J connectivity index is 1.70.